The van der Waals surface area contributed by atoms with E-state index in [9.17, 15) is 9.59 Å². The topological polar surface area (TPSA) is 71.1 Å². The number of rotatable bonds is 10. The van der Waals surface area contributed by atoms with Crippen LogP contribution in [-0.4, -0.2) is 80.7 Å². The van der Waals surface area contributed by atoms with Crippen LogP contribution in [-0.2, 0) is 9.53 Å². The van der Waals surface area contributed by atoms with E-state index in [1.165, 1.54) is 0 Å². The molecular weight excluding hydrogens is 358 g/mol. The molecule has 0 aromatic heterocycles. The molecule has 28 heavy (non-hydrogen) atoms. The van der Waals surface area contributed by atoms with Crippen LogP contribution in [0.4, 0.5) is 0 Å². The van der Waals surface area contributed by atoms with Gasteiger partial charge in [0.2, 0.25) is 5.91 Å². The van der Waals surface area contributed by atoms with Gasteiger partial charge >= 0.3 is 0 Å². The average molecular weight is 392 g/mol. The molecule has 0 bridgehead atoms. The smallest absolute Gasteiger partial charge is 0.254 e. The lowest BCUT2D eigenvalue weighted by Crippen LogP contribution is -2.43. The number of hydrogen-bond donors (Lipinski definition) is 1. The minimum Gasteiger partial charge on any atom is -0.497 e. The molecule has 1 N–H and O–H groups in total. The summed E-state index contributed by atoms with van der Waals surface area (Å²) in [5, 5.41) is 2.96. The van der Waals surface area contributed by atoms with Crippen LogP contribution in [0.15, 0.2) is 24.3 Å². The maximum atomic E-state index is 12.9. The second-order valence-electron chi connectivity index (χ2n) is 7.04. The second kappa shape index (κ2) is 11.7. The SMILES string of the molecule is CCC(C)N(CCC(=O)NCCN1CCOCC1)C(=O)c1ccc(OC)cc1. The van der Waals surface area contributed by atoms with E-state index in [0.717, 1.165) is 39.3 Å². The molecule has 0 radical (unpaired) electrons. The first-order valence-corrected chi connectivity index (χ1v) is 10.1. The summed E-state index contributed by atoms with van der Waals surface area (Å²) in [6, 6.07) is 7.15. The largest absolute Gasteiger partial charge is 0.497 e. The van der Waals surface area contributed by atoms with Crippen molar-refractivity contribution in [1.29, 1.82) is 0 Å². The van der Waals surface area contributed by atoms with E-state index in [1.807, 2.05) is 13.8 Å². The molecule has 0 spiro atoms. The third-order valence-electron chi connectivity index (χ3n) is 5.15. The number of morpholine rings is 1. The van der Waals surface area contributed by atoms with Gasteiger partial charge in [-0.1, -0.05) is 6.92 Å². The third-order valence-corrected chi connectivity index (χ3v) is 5.15. The van der Waals surface area contributed by atoms with Gasteiger partial charge in [0.05, 0.1) is 20.3 Å². The predicted molar refractivity (Wildman–Crippen MR) is 109 cm³/mol. The molecule has 0 saturated carbocycles. The first-order valence-electron chi connectivity index (χ1n) is 10.1. The Morgan fingerprint density at radius 2 is 1.93 bits per heavy atom. The zero-order chi connectivity index (χ0) is 20.4. The van der Waals surface area contributed by atoms with Gasteiger partial charge in [-0.3, -0.25) is 14.5 Å². The fraction of sp³-hybridized carbons (Fsp3) is 0.619. The molecule has 1 aliphatic rings. The normalized spacial score (nSPS) is 15.7. The van der Waals surface area contributed by atoms with Crippen molar-refractivity contribution in [2.75, 3.05) is 53.0 Å². The molecule has 7 heteroatoms. The highest BCUT2D eigenvalue weighted by Gasteiger charge is 2.21. The van der Waals surface area contributed by atoms with Gasteiger partial charge in [-0.05, 0) is 37.6 Å². The quantitative estimate of drug-likeness (QED) is 0.658. The highest BCUT2D eigenvalue weighted by molar-refractivity contribution is 5.94. The Bertz CT molecular complexity index is 615. The monoisotopic (exact) mass is 391 g/mol. The molecule has 156 valence electrons. The summed E-state index contributed by atoms with van der Waals surface area (Å²) in [5.41, 5.74) is 0.605. The van der Waals surface area contributed by atoms with Crippen molar-refractivity contribution >= 4 is 11.8 Å². The Morgan fingerprint density at radius 1 is 1.25 bits per heavy atom. The highest BCUT2D eigenvalue weighted by atomic mass is 16.5. The Kier molecular flexibility index (Phi) is 9.23. The van der Waals surface area contributed by atoms with Crippen molar-refractivity contribution in [3.05, 3.63) is 29.8 Å². The van der Waals surface area contributed by atoms with Crippen molar-refractivity contribution in [3.63, 3.8) is 0 Å². The number of methoxy groups -OCH3 is 1. The molecule has 1 aromatic carbocycles. The van der Waals surface area contributed by atoms with Crippen molar-refractivity contribution in [1.82, 2.24) is 15.1 Å². The maximum absolute atomic E-state index is 12.9. The zero-order valence-electron chi connectivity index (χ0n) is 17.3. The summed E-state index contributed by atoms with van der Waals surface area (Å²) in [4.78, 5) is 29.2. The van der Waals surface area contributed by atoms with Crippen LogP contribution in [0.1, 0.15) is 37.0 Å². The summed E-state index contributed by atoms with van der Waals surface area (Å²) in [6.45, 7) is 9.24. The average Bonchev–Trinajstić information content (AvgIpc) is 2.74. The summed E-state index contributed by atoms with van der Waals surface area (Å²) in [6.07, 6.45) is 1.13. The van der Waals surface area contributed by atoms with Crippen LogP contribution in [0, 0.1) is 0 Å². The number of hydrogen-bond acceptors (Lipinski definition) is 5. The van der Waals surface area contributed by atoms with Crippen LogP contribution in [0.3, 0.4) is 0 Å². The molecule has 1 aliphatic heterocycles. The maximum Gasteiger partial charge on any atom is 0.254 e. The molecule has 2 amide bonds. The third kappa shape index (κ3) is 6.80. The van der Waals surface area contributed by atoms with Gasteiger partial charge in [-0.25, -0.2) is 0 Å². The molecule has 1 unspecified atom stereocenters. The fourth-order valence-electron chi connectivity index (χ4n) is 3.13. The Hall–Kier alpha value is -2.12. The number of nitrogens with one attached hydrogen (secondary N) is 1. The lowest BCUT2D eigenvalue weighted by Gasteiger charge is -2.29. The molecule has 1 fully saturated rings. The van der Waals surface area contributed by atoms with Gasteiger partial charge in [-0.2, -0.15) is 0 Å². The van der Waals surface area contributed by atoms with Gasteiger partial charge in [-0.15, -0.1) is 0 Å². The fourth-order valence-corrected chi connectivity index (χ4v) is 3.13. The first kappa shape index (κ1) is 22.2. The van der Waals surface area contributed by atoms with Crippen molar-refractivity contribution < 1.29 is 19.1 Å². The number of nitrogens with zero attached hydrogens (tertiary/aromatic N) is 2. The molecule has 1 heterocycles. The van der Waals surface area contributed by atoms with Crippen LogP contribution in [0.2, 0.25) is 0 Å². The number of benzene rings is 1. The van der Waals surface area contributed by atoms with Gasteiger partial charge in [0.1, 0.15) is 5.75 Å². The highest BCUT2D eigenvalue weighted by Crippen LogP contribution is 2.15. The van der Waals surface area contributed by atoms with Crippen LogP contribution in [0.25, 0.3) is 0 Å². The van der Waals surface area contributed by atoms with Gasteiger partial charge in [0.25, 0.3) is 5.91 Å². The Labute approximate surface area is 168 Å². The number of amides is 2. The second-order valence-corrected chi connectivity index (χ2v) is 7.04. The van der Waals surface area contributed by atoms with E-state index in [1.54, 1.807) is 36.3 Å². The van der Waals surface area contributed by atoms with E-state index < -0.39 is 0 Å². The summed E-state index contributed by atoms with van der Waals surface area (Å²) in [5.74, 6) is 0.633. The minimum atomic E-state index is -0.0573. The summed E-state index contributed by atoms with van der Waals surface area (Å²) in [7, 11) is 1.60. The zero-order valence-corrected chi connectivity index (χ0v) is 17.3. The van der Waals surface area contributed by atoms with E-state index in [2.05, 4.69) is 10.2 Å². The van der Waals surface area contributed by atoms with E-state index in [0.29, 0.717) is 30.8 Å². The Balaban J connectivity index is 1.83. The molecule has 7 nitrogen and oxygen atoms in total. The standard InChI is InChI=1S/C21H33N3O4/c1-4-17(2)24(21(26)18-5-7-19(27-3)8-6-18)11-9-20(25)22-10-12-23-13-15-28-16-14-23/h5-8,17H,4,9-16H2,1-3H3,(H,22,25). The number of carbonyl (C=O) groups is 2. The van der Waals surface area contributed by atoms with Crippen LogP contribution >= 0.6 is 0 Å². The van der Waals surface area contributed by atoms with Gasteiger partial charge in [0, 0.05) is 50.7 Å². The molecule has 1 aromatic rings. The van der Waals surface area contributed by atoms with Crippen LogP contribution in [0.5, 0.6) is 5.75 Å². The molecule has 0 aliphatic carbocycles. The van der Waals surface area contributed by atoms with Crippen molar-refractivity contribution in [2.24, 2.45) is 0 Å². The molecule has 1 atom stereocenters. The minimum absolute atomic E-state index is 0.0240. The van der Waals surface area contributed by atoms with E-state index in [-0.39, 0.29) is 17.9 Å². The first-order chi connectivity index (χ1) is 13.5. The predicted octanol–water partition coefficient (Wildman–Crippen LogP) is 1.77. The number of ether oxygens (including phenoxy) is 2. The molecule has 1 saturated heterocycles. The Morgan fingerprint density at radius 3 is 2.54 bits per heavy atom. The lowest BCUT2D eigenvalue weighted by molar-refractivity contribution is -0.121. The van der Waals surface area contributed by atoms with E-state index >= 15 is 0 Å². The lowest BCUT2D eigenvalue weighted by atomic mass is 10.1. The van der Waals surface area contributed by atoms with Crippen LogP contribution < -0.4 is 10.1 Å². The van der Waals surface area contributed by atoms with Gasteiger partial charge in [0.15, 0.2) is 0 Å². The molecular formula is C21H33N3O4. The number of carbonyl (C=O) groups excluding carboxylic acids is 2. The van der Waals surface area contributed by atoms with E-state index in [4.69, 9.17) is 9.47 Å². The summed E-state index contributed by atoms with van der Waals surface area (Å²) >= 11 is 0. The van der Waals surface area contributed by atoms with Crippen molar-refractivity contribution in [3.8, 4) is 5.75 Å². The van der Waals surface area contributed by atoms with Crippen molar-refractivity contribution in [2.45, 2.75) is 32.7 Å². The summed E-state index contributed by atoms with van der Waals surface area (Å²) < 4.78 is 10.5. The van der Waals surface area contributed by atoms with Gasteiger partial charge < -0.3 is 19.7 Å². The molecule has 2 rings (SSSR count).